The SMILES string of the molecule is C=CCC(N)C(=O)NC(C)c1nnc2n1CCC2. The number of aromatic nitrogens is 3. The molecule has 0 aliphatic carbocycles. The summed E-state index contributed by atoms with van der Waals surface area (Å²) >= 11 is 0. The molecule has 0 fully saturated rings. The number of rotatable bonds is 5. The molecule has 6 heteroatoms. The highest BCUT2D eigenvalue weighted by Crippen LogP contribution is 2.18. The zero-order valence-corrected chi connectivity index (χ0v) is 10.6. The average molecular weight is 249 g/mol. The van der Waals surface area contributed by atoms with Gasteiger partial charge in [0.05, 0.1) is 12.1 Å². The van der Waals surface area contributed by atoms with Crippen molar-refractivity contribution >= 4 is 5.91 Å². The molecule has 0 bridgehead atoms. The monoisotopic (exact) mass is 249 g/mol. The highest BCUT2D eigenvalue weighted by Gasteiger charge is 2.23. The molecule has 0 aromatic carbocycles. The van der Waals surface area contributed by atoms with Crippen molar-refractivity contribution in [1.82, 2.24) is 20.1 Å². The Kier molecular flexibility index (Phi) is 3.76. The lowest BCUT2D eigenvalue weighted by Gasteiger charge is -2.16. The van der Waals surface area contributed by atoms with Crippen LogP contribution in [0.5, 0.6) is 0 Å². The van der Waals surface area contributed by atoms with Crippen molar-refractivity contribution in [3.63, 3.8) is 0 Å². The predicted octanol–water partition coefficient (Wildman–Crippen LogP) is 0.305. The maximum atomic E-state index is 11.8. The predicted molar refractivity (Wildman–Crippen MR) is 67.7 cm³/mol. The van der Waals surface area contributed by atoms with Crippen LogP contribution >= 0.6 is 0 Å². The van der Waals surface area contributed by atoms with E-state index in [1.807, 2.05) is 6.92 Å². The fraction of sp³-hybridized carbons (Fsp3) is 0.583. The first-order valence-corrected chi connectivity index (χ1v) is 6.22. The van der Waals surface area contributed by atoms with E-state index in [0.29, 0.717) is 6.42 Å². The van der Waals surface area contributed by atoms with Crippen LogP contribution in [0.15, 0.2) is 12.7 Å². The Morgan fingerprint density at radius 1 is 1.67 bits per heavy atom. The molecular weight excluding hydrogens is 230 g/mol. The fourth-order valence-corrected chi connectivity index (χ4v) is 2.16. The zero-order chi connectivity index (χ0) is 13.1. The van der Waals surface area contributed by atoms with Gasteiger partial charge in [-0.3, -0.25) is 4.79 Å². The summed E-state index contributed by atoms with van der Waals surface area (Å²) in [6.07, 6.45) is 4.17. The first-order chi connectivity index (χ1) is 8.63. The number of amides is 1. The van der Waals surface area contributed by atoms with Crippen LogP contribution in [0.25, 0.3) is 0 Å². The molecule has 1 amide bonds. The van der Waals surface area contributed by atoms with E-state index in [-0.39, 0.29) is 11.9 Å². The van der Waals surface area contributed by atoms with Crippen LogP contribution in [0.4, 0.5) is 0 Å². The Morgan fingerprint density at radius 3 is 3.17 bits per heavy atom. The number of carbonyl (C=O) groups is 1. The number of fused-ring (bicyclic) bond motifs is 1. The fourth-order valence-electron chi connectivity index (χ4n) is 2.16. The number of nitrogens with zero attached hydrogens (tertiary/aromatic N) is 3. The summed E-state index contributed by atoms with van der Waals surface area (Å²) in [5.74, 6) is 1.63. The van der Waals surface area contributed by atoms with Gasteiger partial charge in [0.25, 0.3) is 0 Å². The second-order valence-corrected chi connectivity index (χ2v) is 4.59. The lowest BCUT2D eigenvalue weighted by atomic mass is 10.2. The van der Waals surface area contributed by atoms with Crippen LogP contribution in [0.1, 0.15) is 37.5 Å². The smallest absolute Gasteiger partial charge is 0.237 e. The molecular formula is C12H19N5O. The first kappa shape index (κ1) is 12.8. The van der Waals surface area contributed by atoms with E-state index < -0.39 is 6.04 Å². The Balaban J connectivity index is 2.01. The van der Waals surface area contributed by atoms with E-state index in [0.717, 1.165) is 31.0 Å². The van der Waals surface area contributed by atoms with Gasteiger partial charge in [-0.05, 0) is 19.8 Å². The van der Waals surface area contributed by atoms with E-state index in [2.05, 4.69) is 26.7 Å². The van der Waals surface area contributed by atoms with Crippen molar-refractivity contribution in [1.29, 1.82) is 0 Å². The van der Waals surface area contributed by atoms with E-state index >= 15 is 0 Å². The van der Waals surface area contributed by atoms with Crippen molar-refractivity contribution in [2.24, 2.45) is 5.73 Å². The molecule has 0 spiro atoms. The van der Waals surface area contributed by atoms with Gasteiger partial charge in [-0.2, -0.15) is 0 Å². The van der Waals surface area contributed by atoms with Crippen LogP contribution < -0.4 is 11.1 Å². The van der Waals surface area contributed by atoms with Crippen molar-refractivity contribution < 1.29 is 4.79 Å². The maximum absolute atomic E-state index is 11.8. The molecule has 1 aliphatic rings. The minimum absolute atomic E-state index is 0.173. The molecule has 3 N–H and O–H groups in total. The third-order valence-corrected chi connectivity index (χ3v) is 3.14. The van der Waals surface area contributed by atoms with Gasteiger partial charge < -0.3 is 15.6 Å². The van der Waals surface area contributed by atoms with Gasteiger partial charge in [0.2, 0.25) is 5.91 Å². The first-order valence-electron chi connectivity index (χ1n) is 6.22. The van der Waals surface area contributed by atoms with Crippen LogP contribution in [0.2, 0.25) is 0 Å². The van der Waals surface area contributed by atoms with Crippen LogP contribution in [-0.4, -0.2) is 26.7 Å². The molecule has 2 atom stereocenters. The molecule has 2 rings (SSSR count). The van der Waals surface area contributed by atoms with Crippen molar-refractivity contribution in [2.75, 3.05) is 0 Å². The van der Waals surface area contributed by atoms with E-state index in [1.165, 1.54) is 0 Å². The van der Waals surface area contributed by atoms with E-state index in [9.17, 15) is 4.79 Å². The Hall–Kier alpha value is -1.69. The summed E-state index contributed by atoms with van der Waals surface area (Å²) in [6.45, 7) is 6.40. The number of hydrogen-bond donors (Lipinski definition) is 2. The second-order valence-electron chi connectivity index (χ2n) is 4.59. The van der Waals surface area contributed by atoms with Gasteiger partial charge in [0.15, 0.2) is 5.82 Å². The van der Waals surface area contributed by atoms with Crippen LogP contribution in [0.3, 0.4) is 0 Å². The quantitative estimate of drug-likeness (QED) is 0.735. The molecule has 98 valence electrons. The minimum atomic E-state index is -0.550. The van der Waals surface area contributed by atoms with Gasteiger partial charge >= 0.3 is 0 Å². The summed E-state index contributed by atoms with van der Waals surface area (Å²) in [7, 11) is 0. The van der Waals surface area contributed by atoms with Gasteiger partial charge in [-0.1, -0.05) is 6.08 Å². The van der Waals surface area contributed by atoms with Crippen molar-refractivity contribution in [3.05, 3.63) is 24.3 Å². The largest absolute Gasteiger partial charge is 0.345 e. The molecule has 2 heterocycles. The van der Waals surface area contributed by atoms with Gasteiger partial charge in [-0.15, -0.1) is 16.8 Å². The standard InChI is InChI=1S/C12H19N5O/c1-3-5-9(13)12(18)14-8(2)11-16-15-10-6-4-7-17(10)11/h3,8-9H,1,4-7,13H2,2H3,(H,14,18). The third-order valence-electron chi connectivity index (χ3n) is 3.14. The Labute approximate surface area is 106 Å². The molecule has 0 radical (unpaired) electrons. The topological polar surface area (TPSA) is 85.8 Å². The summed E-state index contributed by atoms with van der Waals surface area (Å²) in [4.78, 5) is 11.8. The van der Waals surface area contributed by atoms with Crippen LogP contribution in [0, 0.1) is 0 Å². The molecule has 1 aromatic heterocycles. The highest BCUT2D eigenvalue weighted by molar-refractivity contribution is 5.81. The average Bonchev–Trinajstić information content (AvgIpc) is 2.90. The minimum Gasteiger partial charge on any atom is -0.345 e. The van der Waals surface area contributed by atoms with Crippen molar-refractivity contribution in [3.8, 4) is 0 Å². The normalized spacial score (nSPS) is 17.0. The van der Waals surface area contributed by atoms with Crippen LogP contribution in [-0.2, 0) is 17.8 Å². The summed E-state index contributed by atoms with van der Waals surface area (Å²) in [5, 5.41) is 11.1. The van der Waals surface area contributed by atoms with E-state index in [1.54, 1.807) is 6.08 Å². The van der Waals surface area contributed by atoms with E-state index in [4.69, 9.17) is 5.73 Å². The Morgan fingerprint density at radius 2 is 2.44 bits per heavy atom. The Bertz CT molecular complexity index is 453. The lowest BCUT2D eigenvalue weighted by molar-refractivity contribution is -0.123. The molecule has 2 unspecified atom stereocenters. The lowest BCUT2D eigenvalue weighted by Crippen LogP contribution is -2.41. The molecule has 18 heavy (non-hydrogen) atoms. The number of carbonyl (C=O) groups excluding carboxylic acids is 1. The summed E-state index contributed by atoms with van der Waals surface area (Å²) < 4.78 is 2.07. The second kappa shape index (κ2) is 5.30. The number of nitrogens with one attached hydrogen (secondary N) is 1. The number of hydrogen-bond acceptors (Lipinski definition) is 4. The summed E-state index contributed by atoms with van der Waals surface area (Å²) in [5.41, 5.74) is 5.72. The number of aryl methyl sites for hydroxylation is 1. The number of nitrogens with two attached hydrogens (primary N) is 1. The molecule has 0 saturated carbocycles. The maximum Gasteiger partial charge on any atom is 0.237 e. The highest BCUT2D eigenvalue weighted by atomic mass is 16.2. The molecule has 1 aromatic rings. The van der Waals surface area contributed by atoms with Gasteiger partial charge in [0.1, 0.15) is 5.82 Å². The third kappa shape index (κ3) is 2.43. The van der Waals surface area contributed by atoms with Crippen molar-refractivity contribution in [2.45, 2.75) is 44.8 Å². The zero-order valence-electron chi connectivity index (χ0n) is 10.6. The van der Waals surface area contributed by atoms with Gasteiger partial charge in [0, 0.05) is 13.0 Å². The van der Waals surface area contributed by atoms with Gasteiger partial charge in [-0.25, -0.2) is 0 Å². The molecule has 1 aliphatic heterocycles. The molecule has 0 saturated heterocycles. The summed E-state index contributed by atoms with van der Waals surface area (Å²) in [6, 6.07) is -0.723. The molecule has 6 nitrogen and oxygen atoms in total.